The van der Waals surface area contributed by atoms with E-state index in [-0.39, 0.29) is 11.3 Å². The van der Waals surface area contributed by atoms with E-state index in [1.54, 1.807) is 19.0 Å². The molecule has 0 saturated heterocycles. The minimum atomic E-state index is 0.130. The number of nitrogens with zero attached hydrogens (tertiary/aromatic N) is 1. The van der Waals surface area contributed by atoms with Crippen molar-refractivity contribution in [3.63, 3.8) is 0 Å². The van der Waals surface area contributed by atoms with Gasteiger partial charge in [0.05, 0.1) is 6.42 Å². The fourth-order valence-corrected chi connectivity index (χ4v) is 1.44. The highest BCUT2D eigenvalue weighted by Gasteiger charge is 2.09. The number of anilines is 1. The molecule has 1 aromatic carbocycles. The maximum Gasteiger partial charge on any atom is 0.226 e. The van der Waals surface area contributed by atoms with Crippen molar-refractivity contribution in [1.29, 1.82) is 0 Å². The summed E-state index contributed by atoms with van der Waals surface area (Å²) >= 11 is 0. The second kappa shape index (κ2) is 5.89. The highest BCUT2D eigenvalue weighted by molar-refractivity contribution is 5.78. The first kappa shape index (κ1) is 14.6. The molecule has 0 bridgehead atoms. The molecule has 0 aliphatic heterocycles. The molecule has 1 rings (SSSR count). The molecule has 0 aliphatic rings. The Morgan fingerprint density at radius 2 is 1.72 bits per heavy atom. The van der Waals surface area contributed by atoms with Crippen molar-refractivity contribution in [3.8, 4) is 0 Å². The summed E-state index contributed by atoms with van der Waals surface area (Å²) in [5.74, 6) is 0.130. The summed E-state index contributed by atoms with van der Waals surface area (Å²) in [5.41, 5.74) is 2.42. The number of nitrogens with one attached hydrogen (secondary N) is 1. The Bertz CT molecular complexity index is 388. The first-order valence-corrected chi connectivity index (χ1v) is 6.31. The zero-order valence-electron chi connectivity index (χ0n) is 12.1. The normalized spacial score (nSPS) is 11.2. The summed E-state index contributed by atoms with van der Waals surface area (Å²) in [4.78, 5) is 13.2. The van der Waals surface area contributed by atoms with Crippen molar-refractivity contribution in [2.75, 3.05) is 26.0 Å². The largest absolute Gasteiger partial charge is 0.385 e. The fourth-order valence-electron chi connectivity index (χ4n) is 1.44. The molecule has 1 aromatic rings. The van der Waals surface area contributed by atoms with Gasteiger partial charge in [0.1, 0.15) is 0 Å². The number of carbonyl (C=O) groups is 1. The van der Waals surface area contributed by atoms with E-state index in [0.29, 0.717) is 6.42 Å². The third kappa shape index (κ3) is 5.21. The van der Waals surface area contributed by atoms with E-state index in [9.17, 15) is 4.79 Å². The molecule has 0 radical (unpaired) electrons. The summed E-state index contributed by atoms with van der Waals surface area (Å²) in [6.45, 7) is 7.53. The van der Waals surface area contributed by atoms with Gasteiger partial charge in [-0.3, -0.25) is 4.79 Å². The minimum Gasteiger partial charge on any atom is -0.385 e. The van der Waals surface area contributed by atoms with Crippen LogP contribution in [0.5, 0.6) is 0 Å². The molecule has 0 unspecified atom stereocenters. The predicted molar refractivity (Wildman–Crippen MR) is 76.8 cm³/mol. The first-order chi connectivity index (χ1) is 8.28. The smallest absolute Gasteiger partial charge is 0.226 e. The molecule has 1 N–H and O–H groups in total. The summed E-state index contributed by atoms with van der Waals surface area (Å²) in [6, 6.07) is 8.08. The van der Waals surface area contributed by atoms with E-state index in [1.165, 1.54) is 0 Å². The van der Waals surface area contributed by atoms with Crippen LogP contribution in [-0.2, 0) is 11.2 Å². The molecule has 18 heavy (non-hydrogen) atoms. The van der Waals surface area contributed by atoms with E-state index >= 15 is 0 Å². The molecular weight excluding hydrogens is 224 g/mol. The van der Waals surface area contributed by atoms with Gasteiger partial charge in [-0.05, 0) is 23.1 Å². The van der Waals surface area contributed by atoms with Crippen LogP contribution in [0.15, 0.2) is 24.3 Å². The predicted octanol–water partition coefficient (Wildman–Crippen LogP) is 2.78. The lowest BCUT2D eigenvalue weighted by molar-refractivity contribution is -0.127. The van der Waals surface area contributed by atoms with Crippen LogP contribution < -0.4 is 5.32 Å². The SMILES string of the molecule is CN(C)C(=O)Cc1ccc(NCC(C)(C)C)cc1. The van der Waals surface area contributed by atoms with Gasteiger partial charge in [-0.15, -0.1) is 0 Å². The second-order valence-corrected chi connectivity index (χ2v) is 6.08. The summed E-state index contributed by atoms with van der Waals surface area (Å²) in [7, 11) is 3.56. The Balaban J connectivity index is 2.55. The number of hydrogen-bond acceptors (Lipinski definition) is 2. The van der Waals surface area contributed by atoms with Crippen molar-refractivity contribution >= 4 is 11.6 Å². The lowest BCUT2D eigenvalue weighted by Crippen LogP contribution is -2.23. The molecule has 3 heteroatoms. The molecule has 0 saturated carbocycles. The number of rotatable bonds is 4. The minimum absolute atomic E-state index is 0.130. The van der Waals surface area contributed by atoms with Crippen LogP contribution in [0.1, 0.15) is 26.3 Å². The van der Waals surface area contributed by atoms with Crippen LogP contribution in [0.2, 0.25) is 0 Å². The van der Waals surface area contributed by atoms with Crippen LogP contribution in [0.3, 0.4) is 0 Å². The van der Waals surface area contributed by atoms with Gasteiger partial charge in [0.2, 0.25) is 5.91 Å². The topological polar surface area (TPSA) is 32.3 Å². The van der Waals surface area contributed by atoms with Crippen LogP contribution in [-0.4, -0.2) is 31.4 Å². The third-order valence-corrected chi connectivity index (χ3v) is 2.63. The van der Waals surface area contributed by atoms with E-state index < -0.39 is 0 Å². The average Bonchev–Trinajstić information content (AvgIpc) is 2.27. The fraction of sp³-hybridized carbons (Fsp3) is 0.533. The summed E-state index contributed by atoms with van der Waals surface area (Å²) in [6.07, 6.45) is 0.465. The van der Waals surface area contributed by atoms with Crippen molar-refractivity contribution in [2.45, 2.75) is 27.2 Å². The number of hydrogen-bond donors (Lipinski definition) is 1. The zero-order chi connectivity index (χ0) is 13.8. The molecule has 100 valence electrons. The van der Waals surface area contributed by atoms with E-state index in [2.05, 4.69) is 26.1 Å². The monoisotopic (exact) mass is 248 g/mol. The molecule has 0 aliphatic carbocycles. The molecule has 0 spiro atoms. The Hall–Kier alpha value is -1.51. The lowest BCUT2D eigenvalue weighted by Gasteiger charge is -2.19. The van der Waals surface area contributed by atoms with Crippen molar-refractivity contribution in [2.24, 2.45) is 5.41 Å². The standard InChI is InChI=1S/C15H24N2O/c1-15(2,3)11-16-13-8-6-12(7-9-13)10-14(18)17(4)5/h6-9,16H,10-11H2,1-5H3. The molecule has 0 atom stereocenters. The highest BCUT2D eigenvalue weighted by Crippen LogP contribution is 2.16. The molecule has 0 heterocycles. The summed E-state index contributed by atoms with van der Waals surface area (Å²) < 4.78 is 0. The van der Waals surface area contributed by atoms with Crippen LogP contribution in [0.25, 0.3) is 0 Å². The van der Waals surface area contributed by atoms with Crippen LogP contribution >= 0.6 is 0 Å². The van der Waals surface area contributed by atoms with Gasteiger partial charge in [-0.1, -0.05) is 32.9 Å². The first-order valence-electron chi connectivity index (χ1n) is 6.31. The number of carbonyl (C=O) groups excluding carboxylic acids is 1. The Labute approximate surface area is 110 Å². The van der Waals surface area contributed by atoms with Crippen molar-refractivity contribution in [3.05, 3.63) is 29.8 Å². The highest BCUT2D eigenvalue weighted by atomic mass is 16.2. The number of amides is 1. The van der Waals surface area contributed by atoms with Gasteiger partial charge in [-0.2, -0.15) is 0 Å². The van der Waals surface area contributed by atoms with E-state index in [1.807, 2.05) is 24.3 Å². The second-order valence-electron chi connectivity index (χ2n) is 6.08. The number of likely N-dealkylation sites (N-methyl/N-ethyl adjacent to an activating group) is 1. The maximum atomic E-state index is 11.6. The average molecular weight is 248 g/mol. The third-order valence-electron chi connectivity index (χ3n) is 2.63. The number of benzene rings is 1. The molecule has 0 fully saturated rings. The zero-order valence-corrected chi connectivity index (χ0v) is 12.1. The van der Waals surface area contributed by atoms with Gasteiger partial charge in [0, 0.05) is 26.3 Å². The maximum absolute atomic E-state index is 11.6. The van der Waals surface area contributed by atoms with Crippen LogP contribution in [0, 0.1) is 5.41 Å². The van der Waals surface area contributed by atoms with Gasteiger partial charge in [0.25, 0.3) is 0 Å². The quantitative estimate of drug-likeness (QED) is 0.888. The molecule has 1 amide bonds. The van der Waals surface area contributed by atoms with Gasteiger partial charge < -0.3 is 10.2 Å². The Morgan fingerprint density at radius 3 is 2.17 bits per heavy atom. The Kier molecular flexibility index (Phi) is 4.76. The van der Waals surface area contributed by atoms with Gasteiger partial charge in [-0.25, -0.2) is 0 Å². The summed E-state index contributed by atoms with van der Waals surface area (Å²) in [5, 5.41) is 3.39. The van der Waals surface area contributed by atoms with E-state index in [4.69, 9.17) is 0 Å². The van der Waals surface area contributed by atoms with Gasteiger partial charge in [0.15, 0.2) is 0 Å². The van der Waals surface area contributed by atoms with Gasteiger partial charge >= 0.3 is 0 Å². The van der Waals surface area contributed by atoms with Crippen molar-refractivity contribution < 1.29 is 4.79 Å². The van der Waals surface area contributed by atoms with E-state index in [0.717, 1.165) is 17.8 Å². The molecular formula is C15H24N2O. The lowest BCUT2D eigenvalue weighted by atomic mass is 9.97. The van der Waals surface area contributed by atoms with Crippen molar-refractivity contribution in [1.82, 2.24) is 4.90 Å². The molecule has 0 aromatic heterocycles. The molecule has 3 nitrogen and oxygen atoms in total. The van der Waals surface area contributed by atoms with Crippen LogP contribution in [0.4, 0.5) is 5.69 Å². The Morgan fingerprint density at radius 1 is 1.17 bits per heavy atom.